The van der Waals surface area contributed by atoms with Gasteiger partial charge in [-0.15, -0.1) is 0 Å². The molecule has 3 saturated carbocycles. The minimum absolute atomic E-state index is 0.536. The van der Waals surface area contributed by atoms with Crippen molar-refractivity contribution in [2.45, 2.75) is 94.9 Å². The lowest BCUT2D eigenvalue weighted by atomic mass is 9.69. The normalized spacial score (nSPS) is 36.6. The first-order valence-electron chi connectivity index (χ1n) is 11.8. The fraction of sp³-hybridized carbons (Fsp3) is 0.692. The molecule has 0 heterocycles. The zero-order valence-corrected chi connectivity index (χ0v) is 17.5. The molecule has 0 spiro atoms. The number of nitrogens with zero attached hydrogens (tertiary/aromatic N) is 1. The summed E-state index contributed by atoms with van der Waals surface area (Å²) in [5.74, 6) is 3.96. The van der Waals surface area contributed by atoms with Gasteiger partial charge in [0.05, 0.1) is 0 Å². The molecule has 0 atom stereocenters. The molecule has 0 aromatic heterocycles. The molecule has 3 aliphatic rings. The van der Waals surface area contributed by atoms with Crippen molar-refractivity contribution in [3.8, 4) is 0 Å². The molecule has 3 aliphatic carbocycles. The number of rotatable bonds is 5. The second kappa shape index (κ2) is 9.37. The molecule has 1 aromatic rings. The van der Waals surface area contributed by atoms with Crippen molar-refractivity contribution in [2.24, 2.45) is 22.7 Å². The summed E-state index contributed by atoms with van der Waals surface area (Å²) in [6.45, 7) is 3.75. The van der Waals surface area contributed by atoms with Gasteiger partial charge in [-0.25, -0.2) is 0 Å². The Bertz CT molecular complexity index is 625. The Morgan fingerprint density at radius 3 is 1.54 bits per heavy atom. The van der Waals surface area contributed by atoms with E-state index in [-0.39, 0.29) is 0 Å². The van der Waals surface area contributed by atoms with E-state index in [2.05, 4.69) is 36.0 Å². The fourth-order valence-electron chi connectivity index (χ4n) is 6.34. The highest BCUT2D eigenvalue weighted by atomic mass is 14.7. The lowest BCUT2D eigenvalue weighted by molar-refractivity contribution is 0.178. The maximum Gasteiger partial charge on any atom is 0.0492 e. The van der Waals surface area contributed by atoms with Gasteiger partial charge < -0.3 is 5.41 Å². The molecule has 0 bridgehead atoms. The van der Waals surface area contributed by atoms with Gasteiger partial charge in [0, 0.05) is 6.04 Å². The number of aliphatic imine (C=N–C) groups is 1. The van der Waals surface area contributed by atoms with Crippen LogP contribution in [0.2, 0.25) is 0 Å². The lowest BCUT2D eigenvalue weighted by Gasteiger charge is -2.37. The maximum atomic E-state index is 7.47. The molecule has 0 saturated heterocycles. The van der Waals surface area contributed by atoms with Crippen LogP contribution in [0.15, 0.2) is 29.3 Å². The van der Waals surface area contributed by atoms with Crippen LogP contribution in [-0.2, 0) is 0 Å². The molecule has 0 amide bonds. The summed E-state index contributed by atoms with van der Waals surface area (Å²) >= 11 is 0. The largest absolute Gasteiger partial charge is 0.313 e. The molecule has 1 aromatic carbocycles. The minimum atomic E-state index is 0.536. The van der Waals surface area contributed by atoms with E-state index in [1.54, 1.807) is 11.8 Å². The maximum absolute atomic E-state index is 7.47. The van der Waals surface area contributed by atoms with Gasteiger partial charge in [0.2, 0.25) is 0 Å². The average Bonchev–Trinajstić information content (AvgIpc) is 2.79. The number of hydrogen-bond donors (Lipinski definition) is 1. The molecule has 2 nitrogen and oxygen atoms in total. The Morgan fingerprint density at radius 1 is 0.679 bits per heavy atom. The van der Waals surface area contributed by atoms with Gasteiger partial charge in [-0.1, -0.05) is 24.3 Å². The summed E-state index contributed by atoms with van der Waals surface area (Å²) in [7, 11) is 0. The van der Waals surface area contributed by atoms with Gasteiger partial charge in [-0.2, -0.15) is 0 Å². The second-order valence-electron chi connectivity index (χ2n) is 9.81. The summed E-state index contributed by atoms with van der Waals surface area (Å²) in [6, 6.07) is 10.3. The molecule has 2 heteroatoms. The van der Waals surface area contributed by atoms with E-state index in [4.69, 9.17) is 5.41 Å². The molecule has 0 radical (unpaired) electrons. The van der Waals surface area contributed by atoms with Crippen molar-refractivity contribution in [3.05, 3.63) is 35.4 Å². The first kappa shape index (κ1) is 19.9. The molecule has 0 aliphatic heterocycles. The molecule has 0 unspecified atom stereocenters. The fourth-order valence-corrected chi connectivity index (χ4v) is 6.34. The van der Waals surface area contributed by atoms with Crippen LogP contribution in [0.25, 0.3) is 0 Å². The number of hydrogen-bond acceptors (Lipinski definition) is 2. The SMILES string of the molecule is C=NC1CCC(C2CCC(c3ccc(C4CCC(C=N)CC4)cc3)CC2)CC1. The summed E-state index contributed by atoms with van der Waals surface area (Å²) in [5, 5.41) is 7.47. The summed E-state index contributed by atoms with van der Waals surface area (Å²) in [4.78, 5) is 4.27. The predicted octanol–water partition coefficient (Wildman–Crippen LogP) is 7.14. The van der Waals surface area contributed by atoms with Crippen molar-refractivity contribution in [2.75, 3.05) is 0 Å². The van der Waals surface area contributed by atoms with E-state index >= 15 is 0 Å². The molecule has 1 N–H and O–H groups in total. The number of benzene rings is 1. The van der Waals surface area contributed by atoms with E-state index in [9.17, 15) is 0 Å². The van der Waals surface area contributed by atoms with Gasteiger partial charge in [0.15, 0.2) is 0 Å². The zero-order valence-electron chi connectivity index (χ0n) is 17.5. The monoisotopic (exact) mass is 378 g/mol. The van der Waals surface area contributed by atoms with E-state index < -0.39 is 0 Å². The van der Waals surface area contributed by atoms with Gasteiger partial charge in [0.1, 0.15) is 0 Å². The van der Waals surface area contributed by atoms with E-state index in [0.717, 1.165) is 23.7 Å². The van der Waals surface area contributed by atoms with Crippen molar-refractivity contribution >= 4 is 12.9 Å². The van der Waals surface area contributed by atoms with E-state index in [1.807, 2.05) is 0 Å². The third-order valence-corrected chi connectivity index (χ3v) is 8.32. The van der Waals surface area contributed by atoms with Crippen LogP contribution in [-0.4, -0.2) is 19.0 Å². The molecule has 3 fully saturated rings. The minimum Gasteiger partial charge on any atom is -0.313 e. The van der Waals surface area contributed by atoms with Gasteiger partial charge >= 0.3 is 0 Å². The van der Waals surface area contributed by atoms with Gasteiger partial charge in [-0.3, -0.25) is 4.99 Å². The highest BCUT2D eigenvalue weighted by Crippen LogP contribution is 2.43. The molecule has 152 valence electrons. The van der Waals surface area contributed by atoms with Crippen LogP contribution >= 0.6 is 0 Å². The van der Waals surface area contributed by atoms with Crippen LogP contribution in [0, 0.1) is 23.2 Å². The topological polar surface area (TPSA) is 36.2 Å². The lowest BCUT2D eigenvalue weighted by Crippen LogP contribution is -2.26. The Hall–Kier alpha value is -1.44. The summed E-state index contributed by atoms with van der Waals surface area (Å²) in [6.07, 6.45) is 17.5. The van der Waals surface area contributed by atoms with Crippen LogP contribution in [0.4, 0.5) is 0 Å². The van der Waals surface area contributed by atoms with Gasteiger partial charge in [-0.05, 0) is 131 Å². The summed E-state index contributed by atoms with van der Waals surface area (Å²) < 4.78 is 0. The van der Waals surface area contributed by atoms with Crippen molar-refractivity contribution in [1.29, 1.82) is 5.41 Å². The van der Waals surface area contributed by atoms with Crippen molar-refractivity contribution in [3.63, 3.8) is 0 Å². The first-order chi connectivity index (χ1) is 13.8. The Labute approximate surface area is 171 Å². The second-order valence-corrected chi connectivity index (χ2v) is 9.81. The van der Waals surface area contributed by atoms with Crippen LogP contribution in [0.3, 0.4) is 0 Å². The number of nitrogens with one attached hydrogen (secondary N) is 1. The predicted molar refractivity (Wildman–Crippen MR) is 120 cm³/mol. The molecular formula is C26H38N2. The third kappa shape index (κ3) is 4.58. The van der Waals surface area contributed by atoms with Crippen molar-refractivity contribution < 1.29 is 0 Å². The highest BCUT2D eigenvalue weighted by Gasteiger charge is 2.31. The quantitative estimate of drug-likeness (QED) is 0.528. The Morgan fingerprint density at radius 2 is 1.11 bits per heavy atom. The smallest absolute Gasteiger partial charge is 0.0492 e. The van der Waals surface area contributed by atoms with Crippen molar-refractivity contribution in [1.82, 2.24) is 0 Å². The Kier molecular flexibility index (Phi) is 6.65. The highest BCUT2D eigenvalue weighted by molar-refractivity contribution is 5.56. The third-order valence-electron chi connectivity index (χ3n) is 8.32. The Balaban J connectivity index is 1.27. The van der Waals surface area contributed by atoms with E-state index in [1.165, 1.54) is 82.6 Å². The standard InChI is InChI=1S/C26H38N2/c1-28-26-16-14-25(15-17-26)24-12-10-23(11-13-24)22-8-6-21(7-9-22)20-4-2-19(18-27)3-5-20/h6-9,18-20,23-27H,1-5,10-17H2. The summed E-state index contributed by atoms with van der Waals surface area (Å²) in [5.41, 5.74) is 3.11. The van der Waals surface area contributed by atoms with Crippen LogP contribution < -0.4 is 0 Å². The van der Waals surface area contributed by atoms with Crippen LogP contribution in [0.1, 0.15) is 100 Å². The van der Waals surface area contributed by atoms with Gasteiger partial charge in [0.25, 0.3) is 0 Å². The molecular weight excluding hydrogens is 340 g/mol. The van der Waals surface area contributed by atoms with Crippen LogP contribution in [0.5, 0.6) is 0 Å². The molecule has 28 heavy (non-hydrogen) atoms. The van der Waals surface area contributed by atoms with E-state index in [0.29, 0.717) is 12.0 Å². The first-order valence-corrected chi connectivity index (χ1v) is 11.8. The molecule has 4 rings (SSSR count). The average molecular weight is 379 g/mol. The zero-order chi connectivity index (χ0) is 19.3.